The first-order valence-corrected chi connectivity index (χ1v) is 9.26. The molecular formula is C19H15Cl2F7O2. The number of alkyl halides is 3. The molecule has 0 aromatic heterocycles. The highest BCUT2D eigenvalue weighted by molar-refractivity contribution is 6.30. The molecule has 11 heteroatoms. The van der Waals surface area contributed by atoms with E-state index >= 15 is 0 Å². The van der Waals surface area contributed by atoms with E-state index in [1.54, 1.807) is 0 Å². The third kappa shape index (κ3) is 4.77. The first-order chi connectivity index (χ1) is 13.7. The zero-order chi connectivity index (χ0) is 23.0. The zero-order valence-electron chi connectivity index (χ0n) is 15.5. The fourth-order valence-electron chi connectivity index (χ4n) is 3.12. The molecule has 0 radical (unpaired) electrons. The maximum atomic E-state index is 14.1. The number of rotatable bonds is 6. The number of carbonyl (C=O) groups is 1. The Morgan fingerprint density at radius 1 is 1.07 bits per heavy atom. The molecule has 1 fully saturated rings. The van der Waals surface area contributed by atoms with Gasteiger partial charge in [0, 0.05) is 11.1 Å². The summed E-state index contributed by atoms with van der Waals surface area (Å²) < 4.78 is 98.8. The second kappa shape index (κ2) is 8.78. The molecule has 1 aliphatic carbocycles. The topological polar surface area (TPSA) is 26.3 Å². The van der Waals surface area contributed by atoms with Crippen molar-refractivity contribution in [2.45, 2.75) is 33.1 Å². The second-order valence-corrected chi connectivity index (χ2v) is 7.88. The van der Waals surface area contributed by atoms with Crippen LogP contribution in [0.5, 0.6) is 0 Å². The summed E-state index contributed by atoms with van der Waals surface area (Å²) in [4.78, 5) is 12.2. The number of halogens is 9. The molecule has 2 rings (SSSR count). The lowest BCUT2D eigenvalue weighted by molar-refractivity contribution is -0.147. The van der Waals surface area contributed by atoms with E-state index < -0.39 is 81.9 Å². The van der Waals surface area contributed by atoms with Crippen LogP contribution in [0.4, 0.5) is 30.7 Å². The van der Waals surface area contributed by atoms with Gasteiger partial charge in [-0.05, 0) is 17.8 Å². The average molecular weight is 479 g/mol. The van der Waals surface area contributed by atoms with Crippen molar-refractivity contribution in [3.63, 3.8) is 0 Å². The molecule has 0 aliphatic heterocycles. The van der Waals surface area contributed by atoms with Crippen molar-refractivity contribution < 1.29 is 40.3 Å². The lowest BCUT2D eigenvalue weighted by Gasteiger charge is -2.12. The van der Waals surface area contributed by atoms with Crippen molar-refractivity contribution in [3.05, 3.63) is 57.1 Å². The summed E-state index contributed by atoms with van der Waals surface area (Å²) in [5, 5.41) is -1.42. The van der Waals surface area contributed by atoms with E-state index in [0.29, 0.717) is 6.08 Å². The molecule has 30 heavy (non-hydrogen) atoms. The summed E-state index contributed by atoms with van der Waals surface area (Å²) in [5.74, 6) is -9.92. The van der Waals surface area contributed by atoms with E-state index in [-0.39, 0.29) is 0 Å². The van der Waals surface area contributed by atoms with Gasteiger partial charge in [0.15, 0.2) is 23.3 Å². The van der Waals surface area contributed by atoms with Crippen molar-refractivity contribution in [1.82, 2.24) is 0 Å². The predicted molar refractivity (Wildman–Crippen MR) is 95.5 cm³/mol. The standard InChI is InChI=1S/C19H15Cl2F7O2/c1-18(2)10(6-11(21)19(26,27)28)12(18)17(29)30-7-9-15(24)13(22)8(4-3-5-20)14(23)16(9)25/h3,5-6,10,12H,4,7H2,1-2H3/t10-,12-/m0/s1. The molecule has 166 valence electrons. The molecule has 0 N–H and O–H groups in total. The van der Waals surface area contributed by atoms with Crippen LogP contribution in [0, 0.1) is 40.5 Å². The van der Waals surface area contributed by atoms with Crippen LogP contribution in [0.1, 0.15) is 25.0 Å². The van der Waals surface area contributed by atoms with Gasteiger partial charge in [-0.3, -0.25) is 4.79 Å². The Balaban J connectivity index is 2.19. The van der Waals surface area contributed by atoms with Crippen LogP contribution in [0.3, 0.4) is 0 Å². The summed E-state index contributed by atoms with van der Waals surface area (Å²) >= 11 is 10.4. The van der Waals surface area contributed by atoms with Crippen molar-refractivity contribution in [2.75, 3.05) is 0 Å². The first-order valence-electron chi connectivity index (χ1n) is 8.45. The Morgan fingerprint density at radius 3 is 2.03 bits per heavy atom. The molecule has 0 heterocycles. The minimum absolute atomic E-state index is 0.515. The monoisotopic (exact) mass is 478 g/mol. The molecule has 1 aliphatic rings. The molecule has 2 nitrogen and oxygen atoms in total. The largest absolute Gasteiger partial charge is 0.460 e. The van der Waals surface area contributed by atoms with E-state index in [4.69, 9.17) is 27.9 Å². The number of hydrogen-bond donors (Lipinski definition) is 0. The van der Waals surface area contributed by atoms with Gasteiger partial charge in [0.2, 0.25) is 0 Å². The summed E-state index contributed by atoms with van der Waals surface area (Å²) in [6, 6.07) is 0. The third-order valence-corrected chi connectivity index (χ3v) is 5.49. The van der Waals surface area contributed by atoms with Gasteiger partial charge in [-0.1, -0.05) is 49.2 Å². The Bertz CT molecular complexity index is 878. The molecule has 0 amide bonds. The van der Waals surface area contributed by atoms with Gasteiger partial charge < -0.3 is 4.74 Å². The maximum absolute atomic E-state index is 14.1. The highest BCUT2D eigenvalue weighted by Crippen LogP contribution is 2.60. The van der Waals surface area contributed by atoms with Crippen LogP contribution in [0.15, 0.2) is 22.7 Å². The van der Waals surface area contributed by atoms with E-state index in [0.717, 1.165) is 11.6 Å². The number of allylic oxidation sites excluding steroid dienone is 3. The molecule has 0 unspecified atom stereocenters. The van der Waals surface area contributed by atoms with Crippen LogP contribution >= 0.6 is 23.2 Å². The first kappa shape index (κ1) is 24.5. The average Bonchev–Trinajstić information content (AvgIpc) is 3.19. The fourth-order valence-corrected chi connectivity index (χ4v) is 3.34. The van der Waals surface area contributed by atoms with Crippen LogP contribution in [0.25, 0.3) is 0 Å². The molecule has 1 aromatic rings. The Hall–Kier alpha value is -1.74. The normalized spacial score (nSPS) is 21.2. The van der Waals surface area contributed by atoms with Crippen LogP contribution in [-0.4, -0.2) is 12.1 Å². The number of ether oxygens (including phenoxy) is 1. The van der Waals surface area contributed by atoms with E-state index in [1.807, 2.05) is 0 Å². The zero-order valence-corrected chi connectivity index (χ0v) is 17.0. The van der Waals surface area contributed by atoms with Crippen molar-refractivity contribution in [2.24, 2.45) is 17.3 Å². The van der Waals surface area contributed by atoms with Crippen LogP contribution in [0.2, 0.25) is 0 Å². The summed E-state index contributed by atoms with van der Waals surface area (Å²) in [5.41, 5.74) is -2.10. The van der Waals surface area contributed by atoms with Gasteiger partial charge in [-0.15, -0.1) is 0 Å². The molecule has 1 aromatic carbocycles. The van der Waals surface area contributed by atoms with Gasteiger partial charge in [-0.2, -0.15) is 13.2 Å². The molecule has 2 atom stereocenters. The number of carbonyl (C=O) groups excluding carboxylic acids is 1. The Morgan fingerprint density at radius 2 is 1.57 bits per heavy atom. The van der Waals surface area contributed by atoms with Gasteiger partial charge in [0.1, 0.15) is 11.6 Å². The minimum Gasteiger partial charge on any atom is -0.460 e. The summed E-state index contributed by atoms with van der Waals surface area (Å²) in [6.07, 6.45) is -3.58. The third-order valence-electron chi connectivity index (χ3n) is 4.98. The molecule has 0 saturated heterocycles. The van der Waals surface area contributed by atoms with Gasteiger partial charge in [0.25, 0.3) is 0 Å². The SMILES string of the molecule is CC1(C)[C@H](C(=O)OCc2c(F)c(F)c(CC=CCl)c(F)c2F)[C@@H]1C=C(Cl)C(F)(F)F. The maximum Gasteiger partial charge on any atom is 0.426 e. The summed E-state index contributed by atoms with van der Waals surface area (Å²) in [6.45, 7) is 1.80. The predicted octanol–water partition coefficient (Wildman–Crippen LogP) is 6.54. The number of hydrogen-bond acceptors (Lipinski definition) is 2. The smallest absolute Gasteiger partial charge is 0.426 e. The number of benzene rings is 1. The van der Waals surface area contributed by atoms with Crippen LogP contribution in [-0.2, 0) is 22.6 Å². The van der Waals surface area contributed by atoms with Crippen LogP contribution < -0.4 is 0 Å². The molecule has 1 saturated carbocycles. The lowest BCUT2D eigenvalue weighted by Crippen LogP contribution is -2.15. The Labute approximate surface area is 177 Å². The fraction of sp³-hybridized carbons (Fsp3) is 0.421. The quantitative estimate of drug-likeness (QED) is 0.263. The lowest BCUT2D eigenvalue weighted by atomic mass is 10.1. The van der Waals surface area contributed by atoms with Crippen molar-refractivity contribution in [1.29, 1.82) is 0 Å². The van der Waals surface area contributed by atoms with E-state index in [2.05, 4.69) is 0 Å². The Kier molecular flexibility index (Phi) is 7.18. The van der Waals surface area contributed by atoms with Crippen molar-refractivity contribution in [3.8, 4) is 0 Å². The van der Waals surface area contributed by atoms with Crippen molar-refractivity contribution >= 4 is 29.2 Å². The van der Waals surface area contributed by atoms with Gasteiger partial charge in [-0.25, -0.2) is 17.6 Å². The number of esters is 1. The second-order valence-electron chi connectivity index (χ2n) is 7.22. The summed E-state index contributed by atoms with van der Waals surface area (Å²) in [7, 11) is 0. The highest BCUT2D eigenvalue weighted by Gasteiger charge is 2.62. The molecule has 0 bridgehead atoms. The van der Waals surface area contributed by atoms with Gasteiger partial charge >= 0.3 is 12.1 Å². The molecule has 0 spiro atoms. The minimum atomic E-state index is -4.80. The van der Waals surface area contributed by atoms with E-state index in [1.165, 1.54) is 13.8 Å². The van der Waals surface area contributed by atoms with Gasteiger partial charge in [0.05, 0.1) is 11.5 Å². The van der Waals surface area contributed by atoms with E-state index in [9.17, 15) is 35.5 Å². The molecular weight excluding hydrogens is 464 g/mol. The highest BCUT2D eigenvalue weighted by atomic mass is 35.5.